The minimum atomic E-state index is -1.25. The molecule has 5 heterocycles. The number of hydrogen-bond donors (Lipinski definition) is 6. The third-order valence-corrected chi connectivity index (χ3v) is 15.4. The Morgan fingerprint density at radius 3 is 2.29 bits per heavy atom. The zero-order valence-corrected chi connectivity index (χ0v) is 43.9. The third kappa shape index (κ3) is 11.7. The van der Waals surface area contributed by atoms with Gasteiger partial charge < -0.3 is 45.9 Å². The van der Waals surface area contributed by atoms with Crippen LogP contribution in [-0.2, 0) is 84.0 Å². The minimum Gasteiger partial charge on any atom is -0.460 e. The van der Waals surface area contributed by atoms with Gasteiger partial charge in [-0.1, -0.05) is 49.8 Å². The molecule has 2 aromatic carbocycles. The maximum Gasteiger partial charge on any atom is 0.320 e. The highest BCUT2D eigenvalue weighted by Crippen LogP contribution is 2.47. The number of carbonyl (C=O) groups is 9. The van der Waals surface area contributed by atoms with Crippen LogP contribution < -0.4 is 37.5 Å². The van der Waals surface area contributed by atoms with Gasteiger partial charge in [-0.3, -0.25) is 52.8 Å². The number of rotatable bonds is 24. The Labute approximate surface area is 453 Å². The van der Waals surface area contributed by atoms with E-state index in [1.807, 2.05) is 6.92 Å². The smallest absolute Gasteiger partial charge is 0.320 e. The predicted molar refractivity (Wildman–Crippen MR) is 282 cm³/mol. The molecule has 0 radical (unpaired) electrons. The van der Waals surface area contributed by atoms with Crippen molar-refractivity contribution in [3.8, 4) is 11.4 Å². The van der Waals surface area contributed by atoms with Crippen LogP contribution in [0.3, 0.4) is 0 Å². The molecule has 0 saturated heterocycles. The Hall–Kier alpha value is -8.40. The molecule has 0 spiro atoms. The molecule has 4 atom stereocenters. The summed E-state index contributed by atoms with van der Waals surface area (Å²) >= 11 is 0. The number of nitrogens with one attached hydrogen (secondary N) is 6. The van der Waals surface area contributed by atoms with E-state index in [2.05, 4.69) is 38.5 Å². The summed E-state index contributed by atoms with van der Waals surface area (Å²) in [5.41, 5.74) is 3.86. The number of esters is 1. The fourth-order valence-corrected chi connectivity index (χ4v) is 10.9. The summed E-state index contributed by atoms with van der Waals surface area (Å²) in [6.07, 6.45) is 7.21. The molecule has 414 valence electrons. The van der Waals surface area contributed by atoms with E-state index in [1.165, 1.54) is 24.3 Å². The lowest BCUT2D eigenvalue weighted by atomic mass is 9.75. The van der Waals surface area contributed by atoms with E-state index in [9.17, 15) is 47.9 Å². The summed E-state index contributed by atoms with van der Waals surface area (Å²) in [7, 11) is 0. The molecular formula is C57H62FN9O12. The molecule has 0 bridgehead atoms. The second kappa shape index (κ2) is 23.7. The van der Waals surface area contributed by atoms with Gasteiger partial charge in [-0.05, 0) is 91.7 Å². The zero-order valence-electron chi connectivity index (χ0n) is 43.9. The fraction of sp³-hybridized carbons (Fsp3) is 0.421. The first-order valence-corrected chi connectivity index (χ1v) is 26.6. The first-order valence-electron chi connectivity index (χ1n) is 26.6. The third-order valence-electron chi connectivity index (χ3n) is 15.4. The zero-order chi connectivity index (χ0) is 56.1. The van der Waals surface area contributed by atoms with Gasteiger partial charge in [0.15, 0.2) is 0 Å². The van der Waals surface area contributed by atoms with E-state index in [4.69, 9.17) is 14.5 Å². The summed E-state index contributed by atoms with van der Waals surface area (Å²) in [5.74, 6) is -5.33. The predicted octanol–water partition coefficient (Wildman–Crippen LogP) is 2.30. The number of ether oxygens (including phenoxy) is 2. The molecule has 2 aliphatic carbocycles. The summed E-state index contributed by atoms with van der Waals surface area (Å²) in [6.45, 7) is 5.81. The van der Waals surface area contributed by atoms with Crippen LogP contribution in [0.4, 0.5) is 4.39 Å². The number of fused-ring (bicyclic) bond motifs is 5. The number of cyclic esters (lactones) is 1. The van der Waals surface area contributed by atoms with Crippen LogP contribution in [0.2, 0.25) is 0 Å². The summed E-state index contributed by atoms with van der Waals surface area (Å²) in [6, 6.07) is 10.2. The quantitative estimate of drug-likeness (QED) is 0.0170. The van der Waals surface area contributed by atoms with Gasteiger partial charge in [0.25, 0.3) is 17.4 Å². The van der Waals surface area contributed by atoms with Crippen LogP contribution in [0.25, 0.3) is 22.3 Å². The van der Waals surface area contributed by atoms with Crippen molar-refractivity contribution in [1.82, 2.24) is 46.4 Å². The van der Waals surface area contributed by atoms with E-state index < -0.39 is 90.5 Å². The van der Waals surface area contributed by atoms with E-state index in [-0.39, 0.29) is 62.6 Å². The molecule has 21 nitrogen and oxygen atoms in total. The van der Waals surface area contributed by atoms with Crippen LogP contribution in [-0.4, -0.2) is 113 Å². The highest BCUT2D eigenvalue weighted by atomic mass is 19.1. The van der Waals surface area contributed by atoms with Crippen molar-refractivity contribution in [2.45, 2.75) is 115 Å². The van der Waals surface area contributed by atoms with Crippen molar-refractivity contribution >= 4 is 64.1 Å². The van der Waals surface area contributed by atoms with Gasteiger partial charge in [-0.25, -0.2) is 9.37 Å². The number of pyridine rings is 2. The lowest BCUT2D eigenvalue weighted by Crippen LogP contribution is -2.52. The van der Waals surface area contributed by atoms with Crippen molar-refractivity contribution in [3.05, 3.63) is 122 Å². The highest BCUT2D eigenvalue weighted by molar-refractivity contribution is 6.12. The standard InChI is InChI=1S/C57H62FN9O12/c1-4-57(5-2)37-23-42-51-35(28-67(42)55(76)36(37)29-78-56(57)77)50-39(18-17-34-31(3)38(58)24-40(64-51)49(34)50)65-54(75)52(33-15-16-33)79-30-62-45(70)26-61-53(74)41(22-32-12-8-6-9-13-32)63-46(71)27-60-44(69)25-59-43(68)14-10-7-11-21-66-47(72)19-20-48(66)73/h4,6,8-9,12-13,19-20,23-24,33,39,41,52H,1,5,7,10-11,14-18,21-22,25-30H2,2-3H3,(H,59,68)(H,60,69)(H,61,74)(H,62,70)(H,63,71)(H,65,75)/t39-,41-,52?,57+/m0/s1. The molecule has 4 aromatic rings. The summed E-state index contributed by atoms with van der Waals surface area (Å²) < 4.78 is 28.7. The first-order chi connectivity index (χ1) is 38.0. The van der Waals surface area contributed by atoms with Crippen molar-refractivity contribution in [3.63, 3.8) is 0 Å². The largest absolute Gasteiger partial charge is 0.460 e. The Balaban J connectivity index is 0.783. The van der Waals surface area contributed by atoms with Gasteiger partial charge in [0, 0.05) is 48.6 Å². The molecule has 8 amide bonds. The van der Waals surface area contributed by atoms with E-state index in [1.54, 1.807) is 47.9 Å². The maximum absolute atomic E-state index is 15.6. The molecule has 1 saturated carbocycles. The van der Waals surface area contributed by atoms with Gasteiger partial charge in [-0.2, -0.15) is 0 Å². The number of benzene rings is 2. The lowest BCUT2D eigenvalue weighted by Gasteiger charge is -2.33. The molecule has 22 heteroatoms. The van der Waals surface area contributed by atoms with E-state index in [0.717, 1.165) is 16.0 Å². The highest BCUT2D eigenvalue weighted by Gasteiger charge is 2.46. The number of unbranched alkanes of at least 4 members (excludes halogenated alkanes) is 2. The number of amides is 8. The van der Waals surface area contributed by atoms with Crippen molar-refractivity contribution in [2.75, 3.05) is 32.9 Å². The molecule has 9 rings (SSSR count). The Morgan fingerprint density at radius 2 is 1.57 bits per heavy atom. The van der Waals surface area contributed by atoms with Gasteiger partial charge >= 0.3 is 5.97 Å². The molecule has 1 unspecified atom stereocenters. The SMILES string of the molecule is C=C[C@]1(CC)C(=O)OCc2c1cc1n(c2=O)Cc2c-1nc1cc(F)c(C)c3c1c2[C@@H](NC(=O)C(OCNC(=O)CNC(=O)[C@H](Cc1ccccc1)NC(=O)CNC(=O)CNC(=O)CCCCCN1C(=O)C=CC1=O)C1CC1)CC3. The molecule has 3 aliphatic heterocycles. The first kappa shape index (κ1) is 55.4. The van der Waals surface area contributed by atoms with Crippen molar-refractivity contribution < 1.29 is 57.0 Å². The molecular weight excluding hydrogens is 1020 g/mol. The molecule has 1 fully saturated rings. The van der Waals surface area contributed by atoms with Crippen LogP contribution >= 0.6 is 0 Å². The average molecular weight is 1080 g/mol. The summed E-state index contributed by atoms with van der Waals surface area (Å²) in [4.78, 5) is 136. The topological polar surface area (TPSA) is 282 Å². The van der Waals surface area contributed by atoms with Gasteiger partial charge in [0.2, 0.25) is 35.4 Å². The normalized spacial score (nSPS) is 18.4. The van der Waals surface area contributed by atoms with Crippen molar-refractivity contribution in [1.29, 1.82) is 0 Å². The van der Waals surface area contributed by atoms with Gasteiger partial charge in [0.1, 0.15) is 36.7 Å². The molecule has 6 N–H and O–H groups in total. The maximum atomic E-state index is 15.6. The average Bonchev–Trinajstić information content (AvgIpc) is 4.15. The minimum absolute atomic E-state index is 0.0456. The van der Waals surface area contributed by atoms with Crippen LogP contribution in [0.5, 0.6) is 0 Å². The molecule has 2 aromatic heterocycles. The number of hydrogen-bond acceptors (Lipinski definition) is 13. The molecule has 79 heavy (non-hydrogen) atoms. The van der Waals surface area contributed by atoms with Crippen molar-refractivity contribution in [2.24, 2.45) is 5.92 Å². The summed E-state index contributed by atoms with van der Waals surface area (Å²) in [5, 5.41) is 16.5. The lowest BCUT2D eigenvalue weighted by molar-refractivity contribution is -0.152. The van der Waals surface area contributed by atoms with Gasteiger partial charge in [0.05, 0.1) is 54.7 Å². The van der Waals surface area contributed by atoms with Crippen LogP contribution in [0.1, 0.15) is 103 Å². The number of carbonyl (C=O) groups excluding carboxylic acids is 9. The van der Waals surface area contributed by atoms with E-state index in [0.29, 0.717) is 101 Å². The second-order valence-corrected chi connectivity index (χ2v) is 20.4. The Bertz CT molecular complexity index is 3260. The molecule has 5 aliphatic rings. The van der Waals surface area contributed by atoms with E-state index >= 15 is 4.39 Å². The number of aromatic nitrogens is 2. The number of aryl methyl sites for hydroxylation is 1. The Morgan fingerprint density at radius 1 is 0.861 bits per heavy atom. The number of imide groups is 1. The monoisotopic (exact) mass is 1080 g/mol. The fourth-order valence-electron chi connectivity index (χ4n) is 10.9. The number of nitrogens with zero attached hydrogens (tertiary/aromatic N) is 3. The van der Waals surface area contributed by atoms with Crippen LogP contribution in [0.15, 0.2) is 72.1 Å². The van der Waals surface area contributed by atoms with Crippen LogP contribution in [0, 0.1) is 18.7 Å². The second-order valence-electron chi connectivity index (χ2n) is 20.4. The Kier molecular flexibility index (Phi) is 16.6. The number of halogens is 1. The van der Waals surface area contributed by atoms with Gasteiger partial charge in [-0.15, -0.1) is 6.58 Å².